The molecule has 3 rings (SSSR count). The highest BCUT2D eigenvalue weighted by atomic mass is 15.3. The highest BCUT2D eigenvalue weighted by molar-refractivity contribution is 5.62. The molecular formula is C14H15N5. The average Bonchev–Trinajstić information content (AvgIpc) is 3.05. The number of rotatable bonds is 3. The largest absolute Gasteiger partial charge is 0.275 e. The number of H-pyrrole nitrogens is 1. The number of hydrogen-bond donors (Lipinski definition) is 1. The van der Waals surface area contributed by atoms with Gasteiger partial charge in [-0.1, -0.05) is 37.3 Å². The third-order valence-electron chi connectivity index (χ3n) is 3.01. The first kappa shape index (κ1) is 11.6. The second kappa shape index (κ2) is 4.68. The summed E-state index contributed by atoms with van der Waals surface area (Å²) in [5.41, 5.74) is 3.05. The van der Waals surface area contributed by atoms with Crippen molar-refractivity contribution in [3.8, 4) is 22.8 Å². The number of aryl methyl sites for hydroxylation is 2. The molecule has 3 aromatic rings. The minimum atomic E-state index is 0.710. The van der Waals surface area contributed by atoms with E-state index >= 15 is 0 Å². The molecule has 2 aromatic heterocycles. The molecule has 0 fully saturated rings. The van der Waals surface area contributed by atoms with E-state index in [-0.39, 0.29) is 0 Å². The molecule has 0 atom stereocenters. The summed E-state index contributed by atoms with van der Waals surface area (Å²) in [4.78, 5) is 4.55. The summed E-state index contributed by atoms with van der Waals surface area (Å²) < 4.78 is 1.80. The van der Waals surface area contributed by atoms with Gasteiger partial charge in [0, 0.05) is 18.8 Å². The SMILES string of the molecule is CCc1nn(C)cc1-c1nc(-c2ccccc2)n[nH]1. The Morgan fingerprint density at radius 2 is 2.00 bits per heavy atom. The summed E-state index contributed by atoms with van der Waals surface area (Å²) in [5.74, 6) is 1.48. The molecular weight excluding hydrogens is 238 g/mol. The van der Waals surface area contributed by atoms with E-state index in [0.717, 1.165) is 29.1 Å². The Hall–Kier alpha value is -2.43. The molecule has 0 aliphatic heterocycles. The molecule has 1 aromatic carbocycles. The van der Waals surface area contributed by atoms with Crippen molar-refractivity contribution >= 4 is 0 Å². The first-order chi connectivity index (χ1) is 9.28. The Morgan fingerprint density at radius 3 is 2.74 bits per heavy atom. The monoisotopic (exact) mass is 253 g/mol. The molecule has 0 saturated carbocycles. The van der Waals surface area contributed by atoms with Crippen molar-refractivity contribution in [1.82, 2.24) is 25.0 Å². The van der Waals surface area contributed by atoms with Gasteiger partial charge in [0.2, 0.25) is 0 Å². The summed E-state index contributed by atoms with van der Waals surface area (Å²) in [7, 11) is 1.91. The second-order valence-electron chi connectivity index (χ2n) is 4.39. The van der Waals surface area contributed by atoms with Gasteiger partial charge in [-0.05, 0) is 6.42 Å². The summed E-state index contributed by atoms with van der Waals surface area (Å²) in [6.07, 6.45) is 2.84. The van der Waals surface area contributed by atoms with E-state index in [0.29, 0.717) is 5.82 Å². The van der Waals surface area contributed by atoms with Crippen LogP contribution in [-0.4, -0.2) is 25.0 Å². The number of hydrogen-bond acceptors (Lipinski definition) is 3. The highest BCUT2D eigenvalue weighted by Crippen LogP contribution is 2.22. The van der Waals surface area contributed by atoms with E-state index in [1.54, 1.807) is 4.68 Å². The Morgan fingerprint density at radius 1 is 1.21 bits per heavy atom. The van der Waals surface area contributed by atoms with E-state index in [2.05, 4.69) is 27.2 Å². The molecule has 2 heterocycles. The van der Waals surface area contributed by atoms with Crippen molar-refractivity contribution < 1.29 is 0 Å². The van der Waals surface area contributed by atoms with Gasteiger partial charge in [0.15, 0.2) is 11.6 Å². The summed E-state index contributed by atoms with van der Waals surface area (Å²) in [6, 6.07) is 9.93. The van der Waals surface area contributed by atoms with Gasteiger partial charge in [0.05, 0.1) is 11.3 Å². The van der Waals surface area contributed by atoms with Crippen LogP contribution in [-0.2, 0) is 13.5 Å². The summed E-state index contributed by atoms with van der Waals surface area (Å²) in [6.45, 7) is 2.08. The Balaban J connectivity index is 2.01. The standard InChI is InChI=1S/C14H15N5/c1-3-12-11(9-19(2)18-12)14-15-13(16-17-14)10-7-5-4-6-8-10/h4-9H,3H2,1-2H3,(H,15,16,17). The maximum absolute atomic E-state index is 4.55. The lowest BCUT2D eigenvalue weighted by Crippen LogP contribution is -1.89. The highest BCUT2D eigenvalue weighted by Gasteiger charge is 2.13. The zero-order valence-corrected chi connectivity index (χ0v) is 11.0. The summed E-state index contributed by atoms with van der Waals surface area (Å²) >= 11 is 0. The molecule has 19 heavy (non-hydrogen) atoms. The van der Waals surface area contributed by atoms with Gasteiger partial charge in [-0.2, -0.15) is 10.2 Å². The molecule has 0 bridgehead atoms. The van der Waals surface area contributed by atoms with Crippen LogP contribution in [0, 0.1) is 0 Å². The van der Waals surface area contributed by atoms with Crippen LogP contribution in [0.5, 0.6) is 0 Å². The van der Waals surface area contributed by atoms with Gasteiger partial charge in [-0.3, -0.25) is 9.78 Å². The van der Waals surface area contributed by atoms with E-state index < -0.39 is 0 Å². The Kier molecular flexibility index (Phi) is 2.87. The number of benzene rings is 1. The molecule has 1 N–H and O–H groups in total. The van der Waals surface area contributed by atoms with Gasteiger partial charge in [-0.15, -0.1) is 0 Å². The molecule has 0 spiro atoms. The van der Waals surface area contributed by atoms with Crippen LogP contribution in [0.3, 0.4) is 0 Å². The molecule has 0 amide bonds. The smallest absolute Gasteiger partial charge is 0.181 e. The molecule has 5 nitrogen and oxygen atoms in total. The molecule has 0 saturated heterocycles. The topological polar surface area (TPSA) is 59.4 Å². The average molecular weight is 253 g/mol. The number of aromatic amines is 1. The lowest BCUT2D eigenvalue weighted by Gasteiger charge is -1.94. The van der Waals surface area contributed by atoms with Crippen LogP contribution in [0.2, 0.25) is 0 Å². The van der Waals surface area contributed by atoms with Crippen LogP contribution < -0.4 is 0 Å². The lowest BCUT2D eigenvalue weighted by molar-refractivity contribution is 0.746. The Bertz CT molecular complexity index is 681. The number of nitrogens with zero attached hydrogens (tertiary/aromatic N) is 4. The van der Waals surface area contributed by atoms with Crippen molar-refractivity contribution in [2.75, 3.05) is 0 Å². The van der Waals surface area contributed by atoms with E-state index in [4.69, 9.17) is 0 Å². The van der Waals surface area contributed by atoms with Gasteiger partial charge >= 0.3 is 0 Å². The minimum absolute atomic E-state index is 0.710. The van der Waals surface area contributed by atoms with Crippen molar-refractivity contribution in [2.45, 2.75) is 13.3 Å². The van der Waals surface area contributed by atoms with Crippen LogP contribution >= 0.6 is 0 Å². The Labute approximate surface area is 111 Å². The van der Waals surface area contributed by atoms with Crippen LogP contribution in [0.15, 0.2) is 36.5 Å². The minimum Gasteiger partial charge on any atom is -0.275 e. The fourth-order valence-electron chi connectivity index (χ4n) is 2.09. The van der Waals surface area contributed by atoms with Crippen molar-refractivity contribution in [3.05, 3.63) is 42.2 Å². The van der Waals surface area contributed by atoms with Crippen LogP contribution in [0.4, 0.5) is 0 Å². The predicted molar refractivity (Wildman–Crippen MR) is 73.4 cm³/mol. The normalized spacial score (nSPS) is 10.8. The zero-order valence-electron chi connectivity index (χ0n) is 11.0. The van der Waals surface area contributed by atoms with E-state index in [1.165, 1.54) is 0 Å². The van der Waals surface area contributed by atoms with Gasteiger partial charge in [0.25, 0.3) is 0 Å². The molecule has 0 aliphatic rings. The third-order valence-corrected chi connectivity index (χ3v) is 3.01. The molecule has 5 heteroatoms. The van der Waals surface area contributed by atoms with Crippen molar-refractivity contribution in [3.63, 3.8) is 0 Å². The quantitative estimate of drug-likeness (QED) is 0.780. The molecule has 0 unspecified atom stereocenters. The van der Waals surface area contributed by atoms with Crippen molar-refractivity contribution in [2.24, 2.45) is 7.05 Å². The first-order valence-corrected chi connectivity index (χ1v) is 6.28. The third kappa shape index (κ3) is 2.14. The maximum atomic E-state index is 4.55. The van der Waals surface area contributed by atoms with Crippen molar-refractivity contribution in [1.29, 1.82) is 0 Å². The fraction of sp³-hybridized carbons (Fsp3) is 0.214. The van der Waals surface area contributed by atoms with Crippen LogP contribution in [0.25, 0.3) is 22.8 Å². The van der Waals surface area contributed by atoms with Gasteiger partial charge in [0.1, 0.15) is 0 Å². The predicted octanol–water partition coefficient (Wildman–Crippen LogP) is 2.43. The molecule has 96 valence electrons. The lowest BCUT2D eigenvalue weighted by atomic mass is 10.2. The number of aromatic nitrogens is 5. The zero-order chi connectivity index (χ0) is 13.2. The van der Waals surface area contributed by atoms with E-state index in [1.807, 2.05) is 43.6 Å². The molecule has 0 aliphatic carbocycles. The fourth-order valence-corrected chi connectivity index (χ4v) is 2.09. The van der Waals surface area contributed by atoms with Gasteiger partial charge < -0.3 is 0 Å². The second-order valence-corrected chi connectivity index (χ2v) is 4.39. The molecule has 0 radical (unpaired) electrons. The van der Waals surface area contributed by atoms with Crippen LogP contribution in [0.1, 0.15) is 12.6 Å². The number of nitrogens with one attached hydrogen (secondary N) is 1. The maximum Gasteiger partial charge on any atom is 0.181 e. The van der Waals surface area contributed by atoms with E-state index in [9.17, 15) is 0 Å². The first-order valence-electron chi connectivity index (χ1n) is 6.28. The van der Waals surface area contributed by atoms with Gasteiger partial charge in [-0.25, -0.2) is 4.98 Å². The summed E-state index contributed by atoms with van der Waals surface area (Å²) in [5, 5.41) is 11.7.